The van der Waals surface area contributed by atoms with Crippen molar-refractivity contribution in [2.45, 2.75) is 52.4 Å². The van der Waals surface area contributed by atoms with Crippen LogP contribution in [0.3, 0.4) is 0 Å². The lowest BCUT2D eigenvalue weighted by atomic mass is 9.87. The Morgan fingerprint density at radius 1 is 1.26 bits per heavy atom. The van der Waals surface area contributed by atoms with Gasteiger partial charge in [-0.15, -0.1) is 0 Å². The molecule has 1 saturated carbocycles. The highest BCUT2D eigenvalue weighted by molar-refractivity contribution is 5.39. The lowest BCUT2D eigenvalue weighted by Crippen LogP contribution is -2.23. The maximum absolute atomic E-state index is 10.8. The Morgan fingerprint density at radius 3 is 2.68 bits per heavy atom. The number of hydrogen-bond donors (Lipinski definition) is 1. The summed E-state index contributed by atoms with van der Waals surface area (Å²) < 4.78 is 11.0. The standard InChI is InChI=1S/C16H24O3/c1-9-5-10-13(8-19-15(10)18-4)14(17)12-7-16(2,3)6-11(9)12/h12,14-15,17H,5-8H2,1-4H3/t12-,14+,15-/m1/s1. The summed E-state index contributed by atoms with van der Waals surface area (Å²) in [5, 5.41) is 10.8. The molecule has 3 rings (SSSR count). The van der Waals surface area contributed by atoms with Crippen molar-refractivity contribution < 1.29 is 14.6 Å². The van der Waals surface area contributed by atoms with Gasteiger partial charge in [-0.3, -0.25) is 0 Å². The predicted octanol–water partition coefficient (Wildman–Crippen LogP) is 2.80. The summed E-state index contributed by atoms with van der Waals surface area (Å²) in [6.07, 6.45) is 2.43. The van der Waals surface area contributed by atoms with E-state index in [9.17, 15) is 5.11 Å². The zero-order chi connectivity index (χ0) is 13.8. The van der Waals surface area contributed by atoms with Crippen molar-refractivity contribution in [1.29, 1.82) is 0 Å². The van der Waals surface area contributed by atoms with E-state index in [1.54, 1.807) is 7.11 Å². The van der Waals surface area contributed by atoms with Gasteiger partial charge in [0.15, 0.2) is 6.29 Å². The second kappa shape index (κ2) is 4.44. The molecule has 0 radical (unpaired) electrons. The Kier molecular flexibility index (Phi) is 3.12. The number of allylic oxidation sites excluding steroid dienone is 1. The molecule has 3 nitrogen and oxygen atoms in total. The number of hydrogen-bond acceptors (Lipinski definition) is 3. The van der Waals surface area contributed by atoms with Gasteiger partial charge in [0.2, 0.25) is 0 Å². The van der Waals surface area contributed by atoms with E-state index in [1.807, 2.05) is 0 Å². The molecule has 3 aliphatic rings. The van der Waals surface area contributed by atoms with Crippen molar-refractivity contribution in [3.8, 4) is 0 Å². The molecular formula is C16H24O3. The number of aliphatic hydroxyl groups is 1. The maximum atomic E-state index is 10.8. The number of methoxy groups -OCH3 is 1. The van der Waals surface area contributed by atoms with Gasteiger partial charge in [-0.25, -0.2) is 0 Å². The fourth-order valence-electron chi connectivity index (χ4n) is 4.04. The quantitative estimate of drug-likeness (QED) is 0.740. The number of fused-ring (bicyclic) bond motifs is 1. The predicted molar refractivity (Wildman–Crippen MR) is 73.6 cm³/mol. The number of ether oxygens (including phenoxy) is 2. The second-order valence-corrected chi connectivity index (χ2v) is 7.01. The molecule has 3 heteroatoms. The van der Waals surface area contributed by atoms with Crippen LogP contribution in [0.15, 0.2) is 22.3 Å². The lowest BCUT2D eigenvalue weighted by Gasteiger charge is -2.21. The van der Waals surface area contributed by atoms with E-state index in [4.69, 9.17) is 9.47 Å². The molecule has 1 heterocycles. The molecule has 0 saturated heterocycles. The Morgan fingerprint density at radius 2 is 2.00 bits per heavy atom. The Balaban J connectivity index is 2.00. The van der Waals surface area contributed by atoms with Crippen LogP contribution < -0.4 is 0 Å². The molecule has 1 N–H and O–H groups in total. The Bertz CT molecular complexity index is 459. The first-order valence-corrected chi connectivity index (χ1v) is 7.16. The van der Waals surface area contributed by atoms with Crippen LogP contribution >= 0.6 is 0 Å². The summed E-state index contributed by atoms with van der Waals surface area (Å²) >= 11 is 0. The van der Waals surface area contributed by atoms with Gasteiger partial charge in [0.1, 0.15) is 0 Å². The fourth-order valence-corrected chi connectivity index (χ4v) is 4.04. The lowest BCUT2D eigenvalue weighted by molar-refractivity contribution is -0.0774. The van der Waals surface area contributed by atoms with Gasteiger partial charge in [0.25, 0.3) is 0 Å². The van der Waals surface area contributed by atoms with Crippen molar-refractivity contribution >= 4 is 0 Å². The van der Waals surface area contributed by atoms with Gasteiger partial charge in [0, 0.05) is 13.0 Å². The van der Waals surface area contributed by atoms with Crippen LogP contribution in [0.1, 0.15) is 40.0 Å². The van der Waals surface area contributed by atoms with Gasteiger partial charge in [-0.1, -0.05) is 25.0 Å². The molecule has 1 fully saturated rings. The number of rotatable bonds is 1. The summed E-state index contributed by atoms with van der Waals surface area (Å²) in [5.74, 6) is 0.279. The molecule has 0 aromatic carbocycles. The van der Waals surface area contributed by atoms with Crippen LogP contribution in [0.5, 0.6) is 0 Å². The minimum atomic E-state index is -0.385. The van der Waals surface area contributed by atoms with Crippen LogP contribution in [0.2, 0.25) is 0 Å². The van der Waals surface area contributed by atoms with Crippen LogP contribution in [0.25, 0.3) is 0 Å². The second-order valence-electron chi connectivity index (χ2n) is 7.01. The summed E-state index contributed by atoms with van der Waals surface area (Å²) in [4.78, 5) is 0. The highest BCUT2D eigenvalue weighted by Gasteiger charge is 2.44. The molecule has 2 aliphatic carbocycles. The molecule has 0 unspecified atom stereocenters. The third-order valence-electron chi connectivity index (χ3n) is 4.93. The zero-order valence-electron chi connectivity index (χ0n) is 12.3. The highest BCUT2D eigenvalue weighted by Crippen LogP contribution is 2.51. The monoisotopic (exact) mass is 264 g/mol. The minimum Gasteiger partial charge on any atom is -0.388 e. The highest BCUT2D eigenvalue weighted by atomic mass is 16.7. The summed E-state index contributed by atoms with van der Waals surface area (Å²) in [5.41, 5.74) is 5.42. The van der Waals surface area contributed by atoms with Crippen molar-refractivity contribution in [2.75, 3.05) is 13.7 Å². The minimum absolute atomic E-state index is 0.257. The maximum Gasteiger partial charge on any atom is 0.180 e. The molecule has 3 atom stereocenters. The van der Waals surface area contributed by atoms with E-state index < -0.39 is 0 Å². The molecular weight excluding hydrogens is 240 g/mol. The third-order valence-corrected chi connectivity index (χ3v) is 4.93. The van der Waals surface area contributed by atoms with Gasteiger partial charge < -0.3 is 14.6 Å². The average Bonchev–Trinajstić information content (AvgIpc) is 2.86. The fraction of sp³-hybridized carbons (Fsp3) is 0.750. The van der Waals surface area contributed by atoms with E-state index in [1.165, 1.54) is 11.1 Å². The van der Waals surface area contributed by atoms with Crippen molar-refractivity contribution in [2.24, 2.45) is 11.3 Å². The first-order chi connectivity index (χ1) is 8.93. The van der Waals surface area contributed by atoms with Crippen molar-refractivity contribution in [3.63, 3.8) is 0 Å². The average molecular weight is 264 g/mol. The largest absolute Gasteiger partial charge is 0.388 e. The first-order valence-electron chi connectivity index (χ1n) is 7.16. The smallest absolute Gasteiger partial charge is 0.180 e. The van der Waals surface area contributed by atoms with E-state index in [0.717, 1.165) is 30.4 Å². The molecule has 0 bridgehead atoms. The zero-order valence-corrected chi connectivity index (χ0v) is 12.3. The van der Waals surface area contributed by atoms with E-state index in [2.05, 4.69) is 20.8 Å². The van der Waals surface area contributed by atoms with Gasteiger partial charge in [-0.2, -0.15) is 0 Å². The van der Waals surface area contributed by atoms with Crippen molar-refractivity contribution in [3.05, 3.63) is 22.3 Å². The third kappa shape index (κ3) is 2.08. The molecule has 0 amide bonds. The van der Waals surface area contributed by atoms with E-state index in [-0.39, 0.29) is 18.3 Å². The molecule has 0 spiro atoms. The van der Waals surface area contributed by atoms with E-state index in [0.29, 0.717) is 12.0 Å². The first kappa shape index (κ1) is 13.3. The van der Waals surface area contributed by atoms with Gasteiger partial charge in [-0.05, 0) is 42.7 Å². The SMILES string of the molecule is CO[C@@H]1OCC2=C1CC(C)=C1CC(C)(C)C[C@H]1[C@@H]2O. The molecule has 106 valence electrons. The Labute approximate surface area is 115 Å². The normalized spacial score (nSPS) is 37.4. The number of aliphatic hydroxyl groups excluding tert-OH is 1. The Hall–Kier alpha value is -0.640. The summed E-state index contributed by atoms with van der Waals surface area (Å²) in [6.45, 7) is 7.32. The van der Waals surface area contributed by atoms with Crippen LogP contribution in [-0.2, 0) is 9.47 Å². The van der Waals surface area contributed by atoms with Crippen LogP contribution in [0.4, 0.5) is 0 Å². The van der Waals surface area contributed by atoms with Gasteiger partial charge >= 0.3 is 0 Å². The van der Waals surface area contributed by atoms with E-state index >= 15 is 0 Å². The van der Waals surface area contributed by atoms with Gasteiger partial charge in [0.05, 0.1) is 12.7 Å². The van der Waals surface area contributed by atoms with Crippen LogP contribution in [-0.4, -0.2) is 31.2 Å². The summed E-state index contributed by atoms with van der Waals surface area (Å²) in [6, 6.07) is 0. The topological polar surface area (TPSA) is 38.7 Å². The van der Waals surface area contributed by atoms with Crippen LogP contribution in [0, 0.1) is 11.3 Å². The van der Waals surface area contributed by atoms with Crippen molar-refractivity contribution in [1.82, 2.24) is 0 Å². The molecule has 0 aromatic heterocycles. The molecule has 1 aliphatic heterocycles. The molecule has 0 aromatic rings. The summed E-state index contributed by atoms with van der Waals surface area (Å²) in [7, 11) is 1.67. The molecule has 19 heavy (non-hydrogen) atoms.